The molecule has 1 atom stereocenters. The van der Waals surface area contributed by atoms with Crippen molar-refractivity contribution in [1.29, 1.82) is 0 Å². The molecule has 0 heterocycles. The number of aliphatic carboxylic acids is 1. The molecule has 0 rings (SSSR count). The van der Waals surface area contributed by atoms with E-state index in [1.165, 1.54) is 4.90 Å². The monoisotopic (exact) mass is 272 g/mol. The fraction of sp³-hybridized carbons (Fsp3) is 0.857. The SMILES string of the molecule is CC(C)C[C@H](CN)CC(=O)N(CC(=O)O)CC(C)C. The molecule has 0 aromatic heterocycles. The third-order valence-corrected chi connectivity index (χ3v) is 2.87. The van der Waals surface area contributed by atoms with E-state index in [1.54, 1.807) is 0 Å². The van der Waals surface area contributed by atoms with Crippen LogP contribution in [-0.4, -0.2) is 41.5 Å². The molecule has 0 unspecified atom stereocenters. The Morgan fingerprint density at radius 1 is 1.16 bits per heavy atom. The van der Waals surface area contributed by atoms with Crippen molar-refractivity contribution in [2.75, 3.05) is 19.6 Å². The molecule has 112 valence electrons. The van der Waals surface area contributed by atoms with Crippen LogP contribution in [0.15, 0.2) is 0 Å². The van der Waals surface area contributed by atoms with Gasteiger partial charge in [0.15, 0.2) is 0 Å². The van der Waals surface area contributed by atoms with Crippen LogP contribution in [-0.2, 0) is 9.59 Å². The summed E-state index contributed by atoms with van der Waals surface area (Å²) in [5.41, 5.74) is 5.68. The summed E-state index contributed by atoms with van der Waals surface area (Å²) >= 11 is 0. The van der Waals surface area contributed by atoms with E-state index < -0.39 is 5.97 Å². The van der Waals surface area contributed by atoms with Crippen molar-refractivity contribution < 1.29 is 14.7 Å². The Hall–Kier alpha value is -1.10. The summed E-state index contributed by atoms with van der Waals surface area (Å²) in [6.07, 6.45) is 1.24. The van der Waals surface area contributed by atoms with E-state index >= 15 is 0 Å². The molecule has 1 amide bonds. The normalized spacial score (nSPS) is 12.8. The first kappa shape index (κ1) is 17.9. The molecule has 5 nitrogen and oxygen atoms in total. The number of hydrogen-bond acceptors (Lipinski definition) is 3. The van der Waals surface area contributed by atoms with Gasteiger partial charge in [0.1, 0.15) is 6.54 Å². The number of hydrogen-bond donors (Lipinski definition) is 2. The third kappa shape index (κ3) is 8.59. The maximum absolute atomic E-state index is 12.2. The lowest BCUT2D eigenvalue weighted by Crippen LogP contribution is -2.39. The van der Waals surface area contributed by atoms with Crippen molar-refractivity contribution in [3.63, 3.8) is 0 Å². The van der Waals surface area contributed by atoms with Gasteiger partial charge in [0, 0.05) is 13.0 Å². The molecule has 0 saturated heterocycles. The maximum Gasteiger partial charge on any atom is 0.323 e. The molecule has 0 radical (unpaired) electrons. The topological polar surface area (TPSA) is 83.6 Å². The Balaban J connectivity index is 4.55. The number of nitrogens with two attached hydrogens (primary N) is 1. The fourth-order valence-corrected chi connectivity index (χ4v) is 2.16. The van der Waals surface area contributed by atoms with Crippen molar-refractivity contribution in [3.8, 4) is 0 Å². The number of carboxylic acid groups (broad SMARTS) is 1. The van der Waals surface area contributed by atoms with Gasteiger partial charge < -0.3 is 15.7 Å². The molecule has 0 aromatic rings. The molecule has 0 saturated carbocycles. The average molecular weight is 272 g/mol. The third-order valence-electron chi connectivity index (χ3n) is 2.87. The second kappa shape index (κ2) is 8.91. The van der Waals surface area contributed by atoms with Crippen LogP contribution in [0.2, 0.25) is 0 Å². The van der Waals surface area contributed by atoms with Gasteiger partial charge in [-0.05, 0) is 30.7 Å². The highest BCUT2D eigenvalue weighted by Crippen LogP contribution is 2.16. The molecule has 3 N–H and O–H groups in total. The largest absolute Gasteiger partial charge is 0.480 e. The molecule has 0 spiro atoms. The standard InChI is InChI=1S/C14H28N2O3/c1-10(2)5-12(7-15)6-13(17)16(8-11(3)4)9-14(18)19/h10-12H,5-9,15H2,1-4H3,(H,18,19)/t12-/m0/s1. The van der Waals surface area contributed by atoms with Crippen molar-refractivity contribution in [1.82, 2.24) is 4.90 Å². The van der Waals surface area contributed by atoms with Crippen LogP contribution in [0.3, 0.4) is 0 Å². The van der Waals surface area contributed by atoms with Crippen LogP contribution in [0, 0.1) is 17.8 Å². The zero-order chi connectivity index (χ0) is 15.0. The maximum atomic E-state index is 12.2. The summed E-state index contributed by atoms with van der Waals surface area (Å²) in [7, 11) is 0. The van der Waals surface area contributed by atoms with Gasteiger partial charge in [-0.2, -0.15) is 0 Å². The van der Waals surface area contributed by atoms with Gasteiger partial charge in [0.25, 0.3) is 0 Å². The van der Waals surface area contributed by atoms with Gasteiger partial charge in [-0.1, -0.05) is 27.7 Å². The highest BCUT2D eigenvalue weighted by molar-refractivity contribution is 5.81. The zero-order valence-corrected chi connectivity index (χ0v) is 12.6. The van der Waals surface area contributed by atoms with Crippen LogP contribution >= 0.6 is 0 Å². The summed E-state index contributed by atoms with van der Waals surface area (Å²) in [4.78, 5) is 24.4. The molecule has 0 aliphatic carbocycles. The number of carbonyl (C=O) groups is 2. The Bertz CT molecular complexity index is 290. The Morgan fingerprint density at radius 2 is 1.74 bits per heavy atom. The predicted molar refractivity (Wildman–Crippen MR) is 75.7 cm³/mol. The number of carboxylic acids is 1. The first-order chi connectivity index (χ1) is 8.76. The first-order valence-corrected chi connectivity index (χ1v) is 6.95. The smallest absolute Gasteiger partial charge is 0.323 e. The van der Waals surface area contributed by atoms with Crippen molar-refractivity contribution in [2.45, 2.75) is 40.5 Å². The van der Waals surface area contributed by atoms with Gasteiger partial charge in [-0.15, -0.1) is 0 Å². The molecule has 19 heavy (non-hydrogen) atoms. The van der Waals surface area contributed by atoms with E-state index in [4.69, 9.17) is 10.8 Å². The lowest BCUT2D eigenvalue weighted by Gasteiger charge is -2.25. The van der Waals surface area contributed by atoms with Gasteiger partial charge in [-0.25, -0.2) is 0 Å². The van der Waals surface area contributed by atoms with E-state index in [9.17, 15) is 9.59 Å². The highest BCUT2D eigenvalue weighted by Gasteiger charge is 2.21. The van der Waals surface area contributed by atoms with Gasteiger partial charge in [0.2, 0.25) is 5.91 Å². The van der Waals surface area contributed by atoms with E-state index in [0.29, 0.717) is 25.4 Å². The van der Waals surface area contributed by atoms with Crippen molar-refractivity contribution >= 4 is 11.9 Å². The van der Waals surface area contributed by atoms with Crippen molar-refractivity contribution in [2.24, 2.45) is 23.5 Å². The molecular weight excluding hydrogens is 244 g/mol. The Morgan fingerprint density at radius 3 is 2.11 bits per heavy atom. The predicted octanol–water partition coefficient (Wildman–Crippen LogP) is 1.57. The number of carbonyl (C=O) groups excluding carboxylic acids is 1. The molecular formula is C14H28N2O3. The molecule has 0 aliphatic heterocycles. The highest BCUT2D eigenvalue weighted by atomic mass is 16.4. The summed E-state index contributed by atoms with van der Waals surface area (Å²) in [6.45, 7) is 8.84. The minimum absolute atomic E-state index is 0.104. The van der Waals surface area contributed by atoms with Gasteiger partial charge in [-0.3, -0.25) is 9.59 Å². The minimum atomic E-state index is -0.970. The quantitative estimate of drug-likeness (QED) is 0.667. The van der Waals surface area contributed by atoms with E-state index in [0.717, 1.165) is 6.42 Å². The minimum Gasteiger partial charge on any atom is -0.480 e. The second-order valence-corrected chi connectivity index (χ2v) is 6.00. The van der Waals surface area contributed by atoms with Crippen LogP contribution in [0.1, 0.15) is 40.5 Å². The molecule has 0 fully saturated rings. The van der Waals surface area contributed by atoms with Gasteiger partial charge in [0.05, 0.1) is 0 Å². The summed E-state index contributed by atoms with van der Waals surface area (Å²) < 4.78 is 0. The Kier molecular flexibility index (Phi) is 8.39. The second-order valence-electron chi connectivity index (χ2n) is 6.00. The number of amides is 1. The zero-order valence-electron chi connectivity index (χ0n) is 12.6. The van der Waals surface area contributed by atoms with Gasteiger partial charge >= 0.3 is 5.97 Å². The molecule has 0 bridgehead atoms. The van der Waals surface area contributed by atoms with Crippen LogP contribution in [0.25, 0.3) is 0 Å². The number of nitrogens with zero attached hydrogens (tertiary/aromatic N) is 1. The van der Waals surface area contributed by atoms with E-state index in [1.807, 2.05) is 13.8 Å². The summed E-state index contributed by atoms with van der Waals surface area (Å²) in [5, 5.41) is 8.86. The van der Waals surface area contributed by atoms with Crippen LogP contribution in [0.4, 0.5) is 0 Å². The average Bonchev–Trinajstić information content (AvgIpc) is 2.25. The van der Waals surface area contributed by atoms with Crippen LogP contribution in [0.5, 0.6) is 0 Å². The summed E-state index contributed by atoms with van der Waals surface area (Å²) in [6, 6.07) is 0. The van der Waals surface area contributed by atoms with E-state index in [2.05, 4.69) is 13.8 Å². The molecule has 0 aliphatic rings. The first-order valence-electron chi connectivity index (χ1n) is 6.95. The lowest BCUT2D eigenvalue weighted by atomic mass is 9.93. The number of rotatable bonds is 9. The van der Waals surface area contributed by atoms with E-state index in [-0.39, 0.29) is 24.3 Å². The summed E-state index contributed by atoms with van der Waals surface area (Å²) in [5.74, 6) is -0.200. The van der Waals surface area contributed by atoms with Crippen molar-refractivity contribution in [3.05, 3.63) is 0 Å². The lowest BCUT2D eigenvalue weighted by molar-refractivity contribution is -0.145. The molecule has 5 heteroatoms. The van der Waals surface area contributed by atoms with Crippen LogP contribution < -0.4 is 5.73 Å². The fourth-order valence-electron chi connectivity index (χ4n) is 2.16. The Labute approximate surface area is 116 Å². The molecule has 0 aromatic carbocycles.